The van der Waals surface area contributed by atoms with Gasteiger partial charge in [0.25, 0.3) is 0 Å². The minimum Gasteiger partial charge on any atom is -0.388 e. The van der Waals surface area contributed by atoms with Gasteiger partial charge >= 0.3 is 0 Å². The van der Waals surface area contributed by atoms with Crippen LogP contribution in [0.3, 0.4) is 0 Å². The molecule has 16 heavy (non-hydrogen) atoms. The molecule has 88 valence electrons. The summed E-state index contributed by atoms with van der Waals surface area (Å²) in [6, 6.07) is 5.89. The normalized spacial score (nSPS) is 21.0. The summed E-state index contributed by atoms with van der Waals surface area (Å²) < 4.78 is 0. The van der Waals surface area contributed by atoms with Crippen LogP contribution in [0.25, 0.3) is 0 Å². The first-order valence-corrected chi connectivity index (χ1v) is 6.35. The van der Waals surface area contributed by atoms with E-state index < -0.39 is 0 Å². The first-order valence-electron chi connectivity index (χ1n) is 5.97. The van der Waals surface area contributed by atoms with E-state index in [0.717, 1.165) is 29.0 Å². The Morgan fingerprint density at radius 2 is 1.94 bits per heavy atom. The Morgan fingerprint density at radius 1 is 1.31 bits per heavy atom. The second-order valence-corrected chi connectivity index (χ2v) is 5.68. The molecule has 0 spiro atoms. The summed E-state index contributed by atoms with van der Waals surface area (Å²) in [6.45, 7) is 4.16. The maximum atomic E-state index is 10.4. The van der Waals surface area contributed by atoms with Gasteiger partial charge in [-0.25, -0.2) is 0 Å². The van der Waals surface area contributed by atoms with Gasteiger partial charge in [-0.05, 0) is 42.4 Å². The highest BCUT2D eigenvalue weighted by Gasteiger charge is 2.36. The predicted molar refractivity (Wildman–Crippen MR) is 67.7 cm³/mol. The van der Waals surface area contributed by atoms with E-state index in [1.807, 2.05) is 25.1 Å². The molecule has 1 aromatic rings. The zero-order valence-corrected chi connectivity index (χ0v) is 10.7. The Bertz CT molecular complexity index is 380. The zero-order valence-electron chi connectivity index (χ0n) is 9.96. The third-order valence-electron chi connectivity index (χ3n) is 3.92. The van der Waals surface area contributed by atoms with Crippen molar-refractivity contribution in [1.29, 1.82) is 0 Å². The Hall–Kier alpha value is -0.530. The van der Waals surface area contributed by atoms with E-state index in [9.17, 15) is 5.11 Å². The maximum absolute atomic E-state index is 10.4. The third kappa shape index (κ3) is 2.11. The van der Waals surface area contributed by atoms with Crippen molar-refractivity contribution >= 4 is 11.6 Å². The first-order chi connectivity index (χ1) is 7.53. The Morgan fingerprint density at radius 3 is 2.50 bits per heavy atom. The van der Waals surface area contributed by atoms with Crippen LogP contribution in [0.2, 0.25) is 5.02 Å². The van der Waals surface area contributed by atoms with Crippen molar-refractivity contribution in [1.82, 2.24) is 0 Å². The van der Waals surface area contributed by atoms with Crippen molar-refractivity contribution in [3.8, 4) is 0 Å². The van der Waals surface area contributed by atoms with Gasteiger partial charge in [-0.2, -0.15) is 0 Å². The minimum absolute atomic E-state index is 0.0403. The molecule has 0 aliphatic heterocycles. The van der Waals surface area contributed by atoms with Crippen molar-refractivity contribution in [3.05, 3.63) is 34.3 Å². The Balaban J connectivity index is 2.26. The third-order valence-corrected chi connectivity index (χ3v) is 4.32. The summed E-state index contributed by atoms with van der Waals surface area (Å²) in [5.41, 5.74) is 2.06. The van der Waals surface area contributed by atoms with Crippen molar-refractivity contribution in [2.45, 2.75) is 45.6 Å². The first kappa shape index (κ1) is 11.9. The maximum Gasteiger partial charge on any atom is 0.0844 e. The molecule has 1 unspecified atom stereocenters. The van der Waals surface area contributed by atoms with Gasteiger partial charge in [-0.1, -0.05) is 43.5 Å². The monoisotopic (exact) mass is 238 g/mol. The van der Waals surface area contributed by atoms with E-state index in [0.29, 0.717) is 0 Å². The SMILES string of the molecule is Cc1ccc(C(O)C2(C)CCCC2)cc1Cl. The molecule has 1 saturated carbocycles. The average Bonchev–Trinajstić information content (AvgIpc) is 2.70. The highest BCUT2D eigenvalue weighted by molar-refractivity contribution is 6.31. The lowest BCUT2D eigenvalue weighted by Crippen LogP contribution is -2.21. The van der Waals surface area contributed by atoms with Crippen molar-refractivity contribution in [3.63, 3.8) is 0 Å². The molecule has 2 heteroatoms. The van der Waals surface area contributed by atoms with Crippen LogP contribution in [0.5, 0.6) is 0 Å². The second kappa shape index (κ2) is 4.38. The highest BCUT2D eigenvalue weighted by atomic mass is 35.5. The van der Waals surface area contributed by atoms with Gasteiger partial charge in [-0.3, -0.25) is 0 Å². The number of hydrogen-bond acceptors (Lipinski definition) is 1. The van der Waals surface area contributed by atoms with Gasteiger partial charge in [0.1, 0.15) is 0 Å². The van der Waals surface area contributed by atoms with Crippen LogP contribution in [-0.2, 0) is 0 Å². The fourth-order valence-electron chi connectivity index (χ4n) is 2.64. The molecule has 1 aromatic carbocycles. The largest absolute Gasteiger partial charge is 0.388 e. The lowest BCUT2D eigenvalue weighted by Gasteiger charge is -2.30. The van der Waals surface area contributed by atoms with Crippen LogP contribution in [0.4, 0.5) is 0 Å². The molecule has 0 amide bonds. The molecule has 1 nitrogen and oxygen atoms in total. The smallest absolute Gasteiger partial charge is 0.0844 e. The van der Waals surface area contributed by atoms with Crippen molar-refractivity contribution < 1.29 is 5.11 Å². The molecule has 1 N–H and O–H groups in total. The van der Waals surface area contributed by atoms with E-state index in [1.54, 1.807) is 0 Å². The van der Waals surface area contributed by atoms with E-state index in [1.165, 1.54) is 12.8 Å². The fraction of sp³-hybridized carbons (Fsp3) is 0.571. The summed E-state index contributed by atoms with van der Waals surface area (Å²) in [7, 11) is 0. The van der Waals surface area contributed by atoms with E-state index in [4.69, 9.17) is 11.6 Å². The molecule has 1 aliphatic rings. The molecule has 0 heterocycles. The molecular formula is C14H19ClO. The lowest BCUT2D eigenvalue weighted by molar-refractivity contribution is 0.0408. The number of rotatable bonds is 2. The number of hydrogen-bond donors (Lipinski definition) is 1. The van der Waals surface area contributed by atoms with Crippen molar-refractivity contribution in [2.75, 3.05) is 0 Å². The zero-order chi connectivity index (χ0) is 11.8. The number of aryl methyl sites for hydroxylation is 1. The average molecular weight is 239 g/mol. The Kier molecular flexibility index (Phi) is 3.27. The molecule has 0 aromatic heterocycles. The molecule has 0 radical (unpaired) electrons. The Labute approximate surface area is 102 Å². The summed E-state index contributed by atoms with van der Waals surface area (Å²) in [4.78, 5) is 0. The van der Waals surface area contributed by atoms with Gasteiger partial charge in [-0.15, -0.1) is 0 Å². The number of halogens is 1. The topological polar surface area (TPSA) is 20.2 Å². The molecule has 1 atom stereocenters. The van der Waals surface area contributed by atoms with E-state index >= 15 is 0 Å². The van der Waals surface area contributed by atoms with Gasteiger partial charge < -0.3 is 5.11 Å². The summed E-state index contributed by atoms with van der Waals surface area (Å²) in [6.07, 6.45) is 4.30. The molecule has 1 fully saturated rings. The van der Waals surface area contributed by atoms with Crippen LogP contribution < -0.4 is 0 Å². The van der Waals surface area contributed by atoms with Crippen molar-refractivity contribution in [2.24, 2.45) is 5.41 Å². The number of aliphatic hydroxyl groups is 1. The minimum atomic E-state index is -0.381. The van der Waals surface area contributed by atoms with Crippen LogP contribution in [0, 0.1) is 12.3 Å². The molecule has 0 saturated heterocycles. The molecular weight excluding hydrogens is 220 g/mol. The van der Waals surface area contributed by atoms with Gasteiger partial charge in [0, 0.05) is 5.02 Å². The summed E-state index contributed by atoms with van der Waals surface area (Å²) in [5.74, 6) is 0. The quantitative estimate of drug-likeness (QED) is 0.816. The molecule has 0 bridgehead atoms. The highest BCUT2D eigenvalue weighted by Crippen LogP contribution is 2.47. The van der Waals surface area contributed by atoms with Gasteiger partial charge in [0.2, 0.25) is 0 Å². The lowest BCUT2D eigenvalue weighted by atomic mass is 9.79. The van der Waals surface area contributed by atoms with Gasteiger partial charge in [0.15, 0.2) is 0 Å². The summed E-state index contributed by atoms with van der Waals surface area (Å²) in [5, 5.41) is 11.2. The van der Waals surface area contributed by atoms with Gasteiger partial charge in [0.05, 0.1) is 6.10 Å². The van der Waals surface area contributed by atoms with E-state index in [2.05, 4.69) is 6.92 Å². The number of benzene rings is 1. The second-order valence-electron chi connectivity index (χ2n) is 5.27. The van der Waals surface area contributed by atoms with E-state index in [-0.39, 0.29) is 11.5 Å². The van der Waals surface area contributed by atoms with Crippen LogP contribution in [0.1, 0.15) is 49.8 Å². The predicted octanol–water partition coefficient (Wildman–Crippen LogP) is 4.26. The standard InChI is InChI=1S/C14H19ClO/c1-10-5-6-11(9-12(10)15)13(16)14(2)7-3-4-8-14/h5-6,9,13,16H,3-4,7-8H2,1-2H3. The van der Waals surface area contributed by atoms with Crippen LogP contribution >= 0.6 is 11.6 Å². The van der Waals surface area contributed by atoms with Crippen LogP contribution in [0.15, 0.2) is 18.2 Å². The molecule has 1 aliphatic carbocycles. The van der Waals surface area contributed by atoms with Crippen LogP contribution in [-0.4, -0.2) is 5.11 Å². The fourth-order valence-corrected chi connectivity index (χ4v) is 2.83. The summed E-state index contributed by atoms with van der Waals surface area (Å²) >= 11 is 6.10. The molecule has 2 rings (SSSR count). The number of aliphatic hydroxyl groups excluding tert-OH is 1.